The van der Waals surface area contributed by atoms with Gasteiger partial charge in [0.05, 0.1) is 16.2 Å². The number of aliphatic carboxylic acids is 1. The molecule has 0 radical (unpaired) electrons. The highest BCUT2D eigenvalue weighted by atomic mass is 35.5. The minimum atomic E-state index is -0.777. The van der Waals surface area contributed by atoms with E-state index >= 15 is 0 Å². The summed E-state index contributed by atoms with van der Waals surface area (Å²) in [5.74, 6) is 0.0468. The summed E-state index contributed by atoms with van der Waals surface area (Å²) < 4.78 is 8.60. The molecule has 2 N–H and O–H groups in total. The average molecular weight is 579 g/mol. The SMILES string of the molecule is Cc1cc(Oc2c(C)cc(Cl)cc2C)cc(-c2cn(C)c(=O)c3cc(C(=O)NC4CCC(C(=O)O)CC4)sc23)c1. The molecule has 2 aromatic carbocycles. The summed E-state index contributed by atoms with van der Waals surface area (Å²) >= 11 is 7.49. The van der Waals surface area contributed by atoms with E-state index in [0.717, 1.165) is 38.3 Å². The van der Waals surface area contributed by atoms with Gasteiger partial charge in [-0.15, -0.1) is 11.3 Å². The van der Waals surface area contributed by atoms with Crippen LogP contribution in [0.3, 0.4) is 0 Å². The van der Waals surface area contributed by atoms with E-state index in [1.807, 2.05) is 51.1 Å². The first-order valence-electron chi connectivity index (χ1n) is 13.2. The van der Waals surface area contributed by atoms with E-state index in [-0.39, 0.29) is 23.4 Å². The van der Waals surface area contributed by atoms with Gasteiger partial charge in [0.25, 0.3) is 11.5 Å². The molecule has 0 aliphatic heterocycles. The number of benzene rings is 2. The molecule has 7 nitrogen and oxygen atoms in total. The minimum Gasteiger partial charge on any atom is -0.481 e. The van der Waals surface area contributed by atoms with Gasteiger partial charge in [-0.2, -0.15) is 0 Å². The third-order valence-electron chi connectivity index (χ3n) is 7.49. The Bertz CT molecular complexity index is 1680. The van der Waals surface area contributed by atoms with E-state index in [0.29, 0.717) is 46.7 Å². The Morgan fingerprint density at radius 1 is 1.02 bits per heavy atom. The molecule has 0 atom stereocenters. The Hall–Kier alpha value is -3.62. The van der Waals surface area contributed by atoms with Crippen LogP contribution >= 0.6 is 22.9 Å². The molecule has 0 saturated heterocycles. The highest BCUT2D eigenvalue weighted by molar-refractivity contribution is 7.21. The number of rotatable bonds is 6. The molecule has 4 aromatic rings. The Kier molecular flexibility index (Phi) is 7.75. The number of hydrogen-bond acceptors (Lipinski definition) is 5. The predicted octanol–water partition coefficient (Wildman–Crippen LogP) is 7.01. The number of nitrogens with one attached hydrogen (secondary N) is 1. The molecule has 1 aliphatic carbocycles. The van der Waals surface area contributed by atoms with Crippen molar-refractivity contribution in [2.45, 2.75) is 52.5 Å². The lowest BCUT2D eigenvalue weighted by Crippen LogP contribution is -2.38. The number of halogens is 1. The van der Waals surface area contributed by atoms with Gasteiger partial charge in [-0.3, -0.25) is 14.4 Å². The molecule has 5 rings (SSSR count). The van der Waals surface area contributed by atoms with Crippen LogP contribution in [-0.4, -0.2) is 27.6 Å². The Labute approximate surface area is 241 Å². The van der Waals surface area contributed by atoms with Gasteiger partial charge in [0, 0.05) is 34.6 Å². The van der Waals surface area contributed by atoms with Gasteiger partial charge in [0.1, 0.15) is 11.5 Å². The summed E-state index contributed by atoms with van der Waals surface area (Å²) in [5, 5.41) is 13.4. The van der Waals surface area contributed by atoms with Gasteiger partial charge < -0.3 is 19.7 Å². The van der Waals surface area contributed by atoms with Crippen LogP contribution in [0.5, 0.6) is 11.5 Å². The highest BCUT2D eigenvalue weighted by Crippen LogP contribution is 2.38. The van der Waals surface area contributed by atoms with E-state index in [2.05, 4.69) is 5.32 Å². The van der Waals surface area contributed by atoms with Gasteiger partial charge in [0.2, 0.25) is 0 Å². The van der Waals surface area contributed by atoms with Gasteiger partial charge in [0.15, 0.2) is 0 Å². The van der Waals surface area contributed by atoms with Crippen molar-refractivity contribution < 1.29 is 19.4 Å². The van der Waals surface area contributed by atoms with Crippen LogP contribution in [0.15, 0.2) is 47.4 Å². The standard InChI is InChI=1S/C31H31ClN2O5S/c1-16-9-20(13-23(10-16)39-27-17(2)11-21(32)12-18(27)3)25-15-34(4)30(36)24-14-26(40-28(24)25)29(35)33-22-7-5-19(6-8-22)31(37)38/h9-15,19,22H,5-8H2,1-4H3,(H,33,35)(H,37,38). The number of aromatic nitrogens is 1. The van der Waals surface area contributed by atoms with Crippen LogP contribution in [-0.2, 0) is 11.8 Å². The van der Waals surface area contributed by atoms with Crippen LogP contribution in [0.25, 0.3) is 21.2 Å². The maximum absolute atomic E-state index is 13.2. The monoisotopic (exact) mass is 578 g/mol. The summed E-state index contributed by atoms with van der Waals surface area (Å²) in [5.41, 5.74) is 4.39. The first-order chi connectivity index (χ1) is 19.0. The summed E-state index contributed by atoms with van der Waals surface area (Å²) in [6, 6.07) is 11.3. The number of thiophene rings is 1. The number of aryl methyl sites for hydroxylation is 4. The maximum atomic E-state index is 13.2. The number of fused-ring (bicyclic) bond motifs is 1. The van der Waals surface area contributed by atoms with Crippen molar-refractivity contribution in [1.29, 1.82) is 0 Å². The van der Waals surface area contributed by atoms with Crippen LogP contribution in [0, 0.1) is 26.7 Å². The lowest BCUT2D eigenvalue weighted by Gasteiger charge is -2.26. The van der Waals surface area contributed by atoms with Gasteiger partial charge >= 0.3 is 5.97 Å². The third kappa shape index (κ3) is 5.64. The second-order valence-corrected chi connectivity index (χ2v) is 12.2. The molecule has 208 valence electrons. The lowest BCUT2D eigenvalue weighted by molar-refractivity contribution is -0.142. The van der Waals surface area contributed by atoms with Crippen molar-refractivity contribution in [1.82, 2.24) is 9.88 Å². The third-order valence-corrected chi connectivity index (χ3v) is 8.88. The zero-order chi connectivity index (χ0) is 28.7. The largest absolute Gasteiger partial charge is 0.481 e. The molecule has 0 bridgehead atoms. The van der Waals surface area contributed by atoms with E-state index in [4.69, 9.17) is 16.3 Å². The number of carboxylic acids is 1. The number of amides is 1. The van der Waals surface area contributed by atoms with Crippen LogP contribution < -0.4 is 15.6 Å². The fraction of sp³-hybridized carbons (Fsp3) is 0.323. The first-order valence-corrected chi connectivity index (χ1v) is 14.4. The maximum Gasteiger partial charge on any atom is 0.306 e. The second-order valence-electron chi connectivity index (χ2n) is 10.7. The Morgan fingerprint density at radius 3 is 2.35 bits per heavy atom. The van der Waals surface area contributed by atoms with Crippen molar-refractivity contribution in [3.05, 3.63) is 79.5 Å². The quantitative estimate of drug-likeness (QED) is 0.256. The average Bonchev–Trinajstić information content (AvgIpc) is 3.34. The zero-order valence-electron chi connectivity index (χ0n) is 22.8. The number of ether oxygens (including phenoxy) is 1. The minimum absolute atomic E-state index is 0.0770. The zero-order valence-corrected chi connectivity index (χ0v) is 24.4. The summed E-state index contributed by atoms with van der Waals surface area (Å²) in [7, 11) is 1.71. The molecule has 1 fully saturated rings. The first kappa shape index (κ1) is 27.9. The fourth-order valence-corrected chi connectivity index (χ4v) is 6.86. The number of carbonyl (C=O) groups is 2. The summed E-state index contributed by atoms with van der Waals surface area (Å²) in [6.45, 7) is 5.90. The summed E-state index contributed by atoms with van der Waals surface area (Å²) in [4.78, 5) is 38.0. The number of carboxylic acid groups (broad SMARTS) is 1. The smallest absolute Gasteiger partial charge is 0.306 e. The second kappa shape index (κ2) is 11.1. The van der Waals surface area contributed by atoms with Crippen molar-refractivity contribution in [3.8, 4) is 22.6 Å². The van der Waals surface area contributed by atoms with E-state index in [1.165, 1.54) is 15.9 Å². The lowest BCUT2D eigenvalue weighted by atomic mass is 9.86. The molecule has 1 amide bonds. The number of nitrogens with zero attached hydrogens (tertiary/aromatic N) is 1. The highest BCUT2D eigenvalue weighted by Gasteiger charge is 2.27. The topological polar surface area (TPSA) is 97.6 Å². The number of carbonyl (C=O) groups excluding carboxylic acids is 1. The van der Waals surface area contributed by atoms with Crippen LogP contribution in [0.1, 0.15) is 52.0 Å². The molecule has 1 aliphatic rings. The van der Waals surface area contributed by atoms with E-state index in [1.54, 1.807) is 19.3 Å². The van der Waals surface area contributed by atoms with Crippen molar-refractivity contribution in [2.24, 2.45) is 13.0 Å². The number of hydrogen-bond donors (Lipinski definition) is 2. The summed E-state index contributed by atoms with van der Waals surface area (Å²) in [6.07, 6.45) is 4.14. The van der Waals surface area contributed by atoms with Gasteiger partial charge in [-0.25, -0.2) is 0 Å². The van der Waals surface area contributed by atoms with E-state index in [9.17, 15) is 19.5 Å². The molecular formula is C31H31ClN2O5S. The molecular weight excluding hydrogens is 548 g/mol. The van der Waals surface area contributed by atoms with E-state index < -0.39 is 5.97 Å². The molecule has 2 aromatic heterocycles. The molecule has 40 heavy (non-hydrogen) atoms. The molecule has 2 heterocycles. The Morgan fingerprint density at radius 2 is 1.70 bits per heavy atom. The van der Waals surface area contributed by atoms with Crippen molar-refractivity contribution in [2.75, 3.05) is 0 Å². The molecule has 0 spiro atoms. The van der Waals surface area contributed by atoms with Crippen molar-refractivity contribution >= 4 is 44.9 Å². The van der Waals surface area contributed by atoms with Crippen LogP contribution in [0.2, 0.25) is 5.02 Å². The number of pyridine rings is 1. The Balaban J connectivity index is 1.48. The van der Waals surface area contributed by atoms with Crippen molar-refractivity contribution in [3.63, 3.8) is 0 Å². The van der Waals surface area contributed by atoms with Gasteiger partial charge in [-0.1, -0.05) is 17.7 Å². The fourth-order valence-electron chi connectivity index (χ4n) is 5.45. The predicted molar refractivity (Wildman–Crippen MR) is 159 cm³/mol. The van der Waals surface area contributed by atoms with Gasteiger partial charge in [-0.05, 0) is 99.0 Å². The molecule has 1 saturated carbocycles. The normalized spacial score (nSPS) is 17.1. The molecule has 9 heteroatoms. The van der Waals surface area contributed by atoms with Crippen LogP contribution in [0.4, 0.5) is 0 Å². The molecule has 0 unspecified atom stereocenters.